The van der Waals surface area contributed by atoms with E-state index in [9.17, 15) is 4.79 Å². The molecule has 0 spiro atoms. The highest BCUT2D eigenvalue weighted by atomic mass is 35.5. The van der Waals surface area contributed by atoms with Crippen molar-refractivity contribution in [2.75, 3.05) is 6.79 Å². The fraction of sp³-hybridized carbons (Fsp3) is 0.0714. The predicted molar refractivity (Wildman–Crippen MR) is 80.3 cm³/mol. The number of halogens is 2. The monoisotopic (exact) mass is 326 g/mol. The number of hydrogen-bond donors (Lipinski definition) is 0. The van der Waals surface area contributed by atoms with Gasteiger partial charge in [0.05, 0.1) is 14.2 Å². The highest BCUT2D eigenvalue weighted by Gasteiger charge is 2.17. The number of carbonyl (C=O) groups excluding carboxylic acids is 1. The summed E-state index contributed by atoms with van der Waals surface area (Å²) in [6, 6.07) is 6.90. The summed E-state index contributed by atoms with van der Waals surface area (Å²) in [7, 11) is 0. The Labute approximate surface area is 129 Å². The lowest BCUT2D eigenvalue weighted by Crippen LogP contribution is -1.93. The molecule has 2 aromatic rings. The Morgan fingerprint density at radius 2 is 2.10 bits per heavy atom. The maximum absolute atomic E-state index is 11.9. The van der Waals surface area contributed by atoms with Crippen LogP contribution in [0.5, 0.6) is 11.5 Å². The van der Waals surface area contributed by atoms with Crippen LogP contribution in [0, 0.1) is 0 Å². The summed E-state index contributed by atoms with van der Waals surface area (Å²) in [6.45, 7) is 0.162. The molecule has 0 fully saturated rings. The van der Waals surface area contributed by atoms with Gasteiger partial charge in [0.2, 0.25) is 6.79 Å². The second-order valence-electron chi connectivity index (χ2n) is 4.04. The molecule has 102 valence electrons. The number of thiophene rings is 1. The molecule has 0 unspecified atom stereocenters. The van der Waals surface area contributed by atoms with Crippen molar-refractivity contribution in [1.82, 2.24) is 0 Å². The molecule has 1 aliphatic heterocycles. The summed E-state index contributed by atoms with van der Waals surface area (Å²) in [5, 5.41) is 0.464. The van der Waals surface area contributed by atoms with Crippen LogP contribution in [-0.2, 0) is 0 Å². The summed E-state index contributed by atoms with van der Waals surface area (Å²) in [5.41, 5.74) is 0.773. The topological polar surface area (TPSA) is 35.5 Å². The molecule has 0 saturated heterocycles. The van der Waals surface area contributed by atoms with Gasteiger partial charge in [-0.2, -0.15) is 0 Å². The molecule has 6 heteroatoms. The van der Waals surface area contributed by atoms with Gasteiger partial charge < -0.3 is 9.47 Å². The molecule has 0 N–H and O–H groups in total. The Kier molecular flexibility index (Phi) is 3.70. The van der Waals surface area contributed by atoms with E-state index in [-0.39, 0.29) is 12.6 Å². The van der Waals surface area contributed by atoms with Gasteiger partial charge in [-0.3, -0.25) is 4.79 Å². The van der Waals surface area contributed by atoms with Crippen molar-refractivity contribution in [2.45, 2.75) is 0 Å². The van der Waals surface area contributed by atoms with Gasteiger partial charge in [0.15, 0.2) is 17.3 Å². The molecule has 0 radical (unpaired) electrons. The lowest BCUT2D eigenvalue weighted by atomic mass is 10.1. The van der Waals surface area contributed by atoms with Gasteiger partial charge in [-0.05, 0) is 35.9 Å². The van der Waals surface area contributed by atoms with Crippen LogP contribution in [0.1, 0.15) is 15.2 Å². The van der Waals surface area contributed by atoms with E-state index in [0.717, 1.165) is 5.56 Å². The molecule has 1 aromatic heterocycles. The molecule has 3 nitrogen and oxygen atoms in total. The van der Waals surface area contributed by atoms with E-state index in [4.69, 9.17) is 32.7 Å². The van der Waals surface area contributed by atoms with Crippen molar-refractivity contribution in [3.8, 4) is 11.5 Å². The molecular weight excluding hydrogens is 319 g/mol. The second-order valence-corrected chi connectivity index (χ2v) is 6.16. The number of ether oxygens (including phenoxy) is 2. The van der Waals surface area contributed by atoms with Crippen LogP contribution < -0.4 is 9.47 Å². The summed E-state index contributed by atoms with van der Waals surface area (Å²) in [6.07, 6.45) is 3.17. The van der Waals surface area contributed by atoms with Gasteiger partial charge in [0.25, 0.3) is 0 Å². The SMILES string of the molecule is O=C(/C=C/c1cc(Cl)c2c(c1)OCO2)c1ccc(Cl)s1. The van der Waals surface area contributed by atoms with Gasteiger partial charge in [0, 0.05) is 0 Å². The third-order valence-corrected chi connectivity index (χ3v) is 4.22. The Hall–Kier alpha value is -1.49. The van der Waals surface area contributed by atoms with Crippen LogP contribution in [0.2, 0.25) is 9.36 Å². The zero-order chi connectivity index (χ0) is 14.1. The van der Waals surface area contributed by atoms with Crippen molar-refractivity contribution < 1.29 is 14.3 Å². The molecule has 2 heterocycles. The smallest absolute Gasteiger partial charge is 0.231 e. The minimum Gasteiger partial charge on any atom is -0.454 e. The molecule has 0 bridgehead atoms. The summed E-state index contributed by atoms with van der Waals surface area (Å²) in [4.78, 5) is 12.5. The number of fused-ring (bicyclic) bond motifs is 1. The summed E-state index contributed by atoms with van der Waals surface area (Å²) in [5.74, 6) is 1.03. The van der Waals surface area contributed by atoms with Crippen LogP contribution in [0.3, 0.4) is 0 Å². The van der Waals surface area contributed by atoms with Crippen molar-refractivity contribution in [3.05, 3.63) is 50.1 Å². The van der Waals surface area contributed by atoms with Crippen LogP contribution >= 0.6 is 34.5 Å². The van der Waals surface area contributed by atoms with E-state index in [2.05, 4.69) is 0 Å². The molecule has 1 aromatic carbocycles. The van der Waals surface area contributed by atoms with Gasteiger partial charge in [0.1, 0.15) is 0 Å². The van der Waals surface area contributed by atoms with Gasteiger partial charge >= 0.3 is 0 Å². The van der Waals surface area contributed by atoms with E-state index in [0.29, 0.717) is 25.7 Å². The van der Waals surface area contributed by atoms with Gasteiger partial charge in [-0.25, -0.2) is 0 Å². The Balaban J connectivity index is 1.83. The maximum Gasteiger partial charge on any atom is 0.231 e. The van der Waals surface area contributed by atoms with Gasteiger partial charge in [-0.15, -0.1) is 11.3 Å². The quantitative estimate of drug-likeness (QED) is 0.606. The average molecular weight is 327 g/mol. The minimum absolute atomic E-state index is 0.101. The standard InChI is InChI=1S/C14H8Cl2O3S/c15-9-5-8(6-11-14(9)19-7-18-11)1-2-10(17)12-3-4-13(16)20-12/h1-6H,7H2/b2-1+. The van der Waals surface area contributed by atoms with E-state index in [1.807, 2.05) is 0 Å². The lowest BCUT2D eigenvalue weighted by molar-refractivity contribution is 0.105. The zero-order valence-electron chi connectivity index (χ0n) is 10.1. The average Bonchev–Trinajstić information content (AvgIpc) is 3.04. The van der Waals surface area contributed by atoms with Crippen LogP contribution in [0.25, 0.3) is 6.08 Å². The van der Waals surface area contributed by atoms with Crippen molar-refractivity contribution >= 4 is 46.4 Å². The first kappa shape index (κ1) is 13.5. The highest BCUT2D eigenvalue weighted by Crippen LogP contribution is 2.40. The normalized spacial score (nSPS) is 13.1. The van der Waals surface area contributed by atoms with Gasteiger partial charge in [-0.1, -0.05) is 29.3 Å². The summed E-state index contributed by atoms with van der Waals surface area (Å²) >= 11 is 13.1. The van der Waals surface area contributed by atoms with Crippen LogP contribution in [-0.4, -0.2) is 12.6 Å². The number of rotatable bonds is 3. The fourth-order valence-electron chi connectivity index (χ4n) is 1.78. The van der Waals surface area contributed by atoms with Crippen molar-refractivity contribution in [2.24, 2.45) is 0 Å². The molecule has 0 aliphatic carbocycles. The maximum atomic E-state index is 11.9. The molecule has 0 amide bonds. The first-order chi connectivity index (χ1) is 9.63. The Morgan fingerprint density at radius 3 is 2.85 bits per heavy atom. The number of allylic oxidation sites excluding steroid dienone is 1. The number of benzene rings is 1. The van der Waals surface area contributed by atoms with Crippen molar-refractivity contribution in [3.63, 3.8) is 0 Å². The summed E-state index contributed by atoms with van der Waals surface area (Å²) < 4.78 is 11.1. The molecule has 1 aliphatic rings. The third kappa shape index (κ3) is 2.68. The number of hydrogen-bond acceptors (Lipinski definition) is 4. The zero-order valence-corrected chi connectivity index (χ0v) is 12.4. The Bertz CT molecular complexity index is 706. The minimum atomic E-state index is -0.101. The first-order valence-corrected chi connectivity index (χ1v) is 7.27. The van der Waals surface area contributed by atoms with E-state index in [1.165, 1.54) is 17.4 Å². The molecule has 0 saturated carbocycles. The van der Waals surface area contributed by atoms with E-state index >= 15 is 0 Å². The molecular formula is C14H8Cl2O3S. The lowest BCUT2D eigenvalue weighted by Gasteiger charge is -2.00. The van der Waals surface area contributed by atoms with Crippen molar-refractivity contribution in [1.29, 1.82) is 0 Å². The highest BCUT2D eigenvalue weighted by molar-refractivity contribution is 7.18. The molecule has 20 heavy (non-hydrogen) atoms. The Morgan fingerprint density at radius 1 is 1.25 bits per heavy atom. The third-order valence-electron chi connectivity index (χ3n) is 2.69. The fourth-order valence-corrected chi connectivity index (χ4v) is 3.02. The molecule has 0 atom stereocenters. The second kappa shape index (κ2) is 5.48. The van der Waals surface area contributed by atoms with E-state index in [1.54, 1.807) is 30.3 Å². The van der Waals surface area contributed by atoms with Crippen LogP contribution in [0.4, 0.5) is 0 Å². The number of carbonyl (C=O) groups is 1. The van der Waals surface area contributed by atoms with Crippen LogP contribution in [0.15, 0.2) is 30.3 Å². The largest absolute Gasteiger partial charge is 0.454 e. The first-order valence-electron chi connectivity index (χ1n) is 5.70. The van der Waals surface area contributed by atoms with E-state index < -0.39 is 0 Å². The predicted octanol–water partition coefficient (Wildman–Crippen LogP) is 4.68. The molecule has 3 rings (SSSR count). The number of ketones is 1.